The molecule has 1 saturated heterocycles. The van der Waals surface area contributed by atoms with Gasteiger partial charge < -0.3 is 11.1 Å². The van der Waals surface area contributed by atoms with Crippen LogP contribution in [0, 0.1) is 6.92 Å². The van der Waals surface area contributed by atoms with Crippen molar-refractivity contribution in [2.24, 2.45) is 5.73 Å². The molecule has 3 heteroatoms. The molecule has 0 aliphatic carbocycles. The lowest BCUT2D eigenvalue weighted by molar-refractivity contribution is 1.10. The minimum Gasteiger partial charge on any atom is -0.385 e. The minimum absolute atomic E-state index is 0.301. The van der Waals surface area contributed by atoms with E-state index in [1.54, 1.807) is 0 Å². The monoisotopic (exact) mass is 481 g/mol. The van der Waals surface area contributed by atoms with Gasteiger partial charge in [-0.25, -0.2) is 0 Å². The second kappa shape index (κ2) is 9.61. The van der Waals surface area contributed by atoms with Gasteiger partial charge in [-0.05, 0) is 59.4 Å². The number of aromatic nitrogens is 1. The third kappa shape index (κ3) is 4.50. The first-order valence-electron chi connectivity index (χ1n) is 12.8. The molecule has 3 N–H and O–H groups in total. The topological polar surface area (TPSA) is 52.9 Å². The number of aryl methyl sites for hydroxylation is 1. The highest BCUT2D eigenvalue weighted by Gasteiger charge is 2.24. The van der Waals surface area contributed by atoms with Crippen LogP contribution in [0.1, 0.15) is 11.1 Å². The Labute approximate surface area is 218 Å². The molecule has 1 aromatic heterocycles. The van der Waals surface area contributed by atoms with Crippen molar-refractivity contribution in [2.45, 2.75) is 19.4 Å². The lowest BCUT2D eigenvalue weighted by Gasteiger charge is -2.13. The highest BCUT2D eigenvalue weighted by molar-refractivity contribution is 6.09. The van der Waals surface area contributed by atoms with E-state index >= 15 is 0 Å². The van der Waals surface area contributed by atoms with Crippen LogP contribution in [0.2, 0.25) is 0 Å². The van der Waals surface area contributed by atoms with Crippen molar-refractivity contribution in [3.63, 3.8) is 0 Å². The largest absolute Gasteiger partial charge is 0.385 e. The number of hydrogen-bond donors (Lipinski definition) is 2. The van der Waals surface area contributed by atoms with E-state index in [4.69, 9.17) is 5.73 Å². The first-order valence-corrected chi connectivity index (χ1v) is 12.8. The van der Waals surface area contributed by atoms with Crippen molar-refractivity contribution < 1.29 is 0 Å². The Morgan fingerprint density at radius 1 is 0.838 bits per heavy atom. The van der Waals surface area contributed by atoms with Crippen LogP contribution in [-0.4, -0.2) is 17.2 Å². The van der Waals surface area contributed by atoms with Crippen LogP contribution in [0.5, 0.6) is 0 Å². The van der Waals surface area contributed by atoms with E-state index in [2.05, 4.69) is 133 Å². The van der Waals surface area contributed by atoms with E-state index < -0.39 is 0 Å². The first-order chi connectivity index (χ1) is 18.1. The number of allylic oxidation sites excluding steroid dienone is 2. The van der Waals surface area contributed by atoms with Gasteiger partial charge in [0.25, 0.3) is 0 Å². The van der Waals surface area contributed by atoms with Crippen LogP contribution < -0.4 is 11.1 Å². The lowest BCUT2D eigenvalue weighted by Crippen LogP contribution is -2.08. The Morgan fingerprint density at radius 2 is 1.41 bits per heavy atom. The maximum atomic E-state index is 6.81. The van der Waals surface area contributed by atoms with Crippen LogP contribution in [0.15, 0.2) is 127 Å². The van der Waals surface area contributed by atoms with Crippen molar-refractivity contribution >= 4 is 27.6 Å². The zero-order valence-corrected chi connectivity index (χ0v) is 21.1. The van der Waals surface area contributed by atoms with Crippen molar-refractivity contribution in [3.05, 3.63) is 138 Å². The molecule has 0 unspecified atom stereocenters. The lowest BCUT2D eigenvalue weighted by atomic mass is 9.92. The van der Waals surface area contributed by atoms with Crippen LogP contribution in [0.4, 0.5) is 0 Å². The summed E-state index contributed by atoms with van der Waals surface area (Å²) in [4.78, 5) is 0. The fourth-order valence-corrected chi connectivity index (χ4v) is 5.32. The Hall–Kier alpha value is -4.34. The van der Waals surface area contributed by atoms with E-state index in [-0.39, 0.29) is 0 Å². The van der Waals surface area contributed by atoms with E-state index in [0.29, 0.717) is 11.9 Å². The molecule has 3 nitrogen and oxygen atoms in total. The summed E-state index contributed by atoms with van der Waals surface area (Å²) in [6.07, 6.45) is 5.10. The maximum Gasteiger partial charge on any atom is 0.108 e. The normalized spacial score (nSPS) is 15.9. The zero-order chi connectivity index (χ0) is 25.4. The zero-order valence-electron chi connectivity index (χ0n) is 21.1. The van der Waals surface area contributed by atoms with Crippen molar-refractivity contribution in [3.8, 4) is 11.1 Å². The molecule has 0 amide bonds. The molecule has 2 heterocycles. The molecule has 0 spiro atoms. The highest BCUT2D eigenvalue weighted by Crippen LogP contribution is 2.32. The Kier molecular flexibility index (Phi) is 5.99. The van der Waals surface area contributed by atoms with Crippen LogP contribution in [0.3, 0.4) is 0 Å². The molecule has 182 valence electrons. The molecular weight excluding hydrogens is 450 g/mol. The molecule has 0 saturated carbocycles. The SMILES string of the molecule is C=C(/C=C(\C=C(/N)n1c2ccccc2c2ccccc21)[C@H]1CN1)Cc1ccccc1-c1ccccc1C. The maximum absolute atomic E-state index is 6.81. The number of rotatable bonds is 7. The number of nitrogens with two attached hydrogens (primary N) is 1. The molecule has 1 atom stereocenters. The Morgan fingerprint density at radius 3 is 2.05 bits per heavy atom. The summed E-state index contributed by atoms with van der Waals surface area (Å²) in [7, 11) is 0. The average Bonchev–Trinajstić information content (AvgIpc) is 3.71. The summed E-state index contributed by atoms with van der Waals surface area (Å²) >= 11 is 0. The van der Waals surface area contributed by atoms with E-state index in [9.17, 15) is 0 Å². The van der Waals surface area contributed by atoms with E-state index in [1.165, 1.54) is 33.0 Å². The number of hydrogen-bond acceptors (Lipinski definition) is 2. The van der Waals surface area contributed by atoms with Crippen molar-refractivity contribution in [1.29, 1.82) is 0 Å². The molecule has 1 fully saturated rings. The van der Waals surface area contributed by atoms with Gasteiger partial charge in [-0.15, -0.1) is 0 Å². The third-order valence-corrected chi connectivity index (χ3v) is 7.20. The smallest absolute Gasteiger partial charge is 0.108 e. The fourth-order valence-electron chi connectivity index (χ4n) is 5.32. The summed E-state index contributed by atoms with van der Waals surface area (Å²) in [6, 6.07) is 34.4. The second-order valence-electron chi connectivity index (χ2n) is 9.85. The summed E-state index contributed by atoms with van der Waals surface area (Å²) in [5, 5.41) is 5.87. The molecule has 37 heavy (non-hydrogen) atoms. The van der Waals surface area contributed by atoms with Gasteiger partial charge in [0.2, 0.25) is 0 Å². The van der Waals surface area contributed by atoms with E-state index in [1.807, 2.05) is 0 Å². The number of nitrogens with one attached hydrogen (secondary N) is 1. The second-order valence-corrected chi connectivity index (χ2v) is 9.85. The molecule has 0 bridgehead atoms. The molecule has 5 aromatic rings. The average molecular weight is 482 g/mol. The van der Waals surface area contributed by atoms with Crippen molar-refractivity contribution in [2.75, 3.05) is 6.54 Å². The molecule has 1 aliphatic heterocycles. The van der Waals surface area contributed by atoms with Crippen molar-refractivity contribution in [1.82, 2.24) is 9.88 Å². The summed E-state index contributed by atoms with van der Waals surface area (Å²) in [6.45, 7) is 7.57. The van der Waals surface area contributed by atoms with Crippen LogP contribution in [-0.2, 0) is 6.42 Å². The molecule has 1 aliphatic rings. The van der Waals surface area contributed by atoms with Gasteiger partial charge in [0.1, 0.15) is 5.82 Å². The van der Waals surface area contributed by atoms with Gasteiger partial charge in [-0.1, -0.05) is 103 Å². The fraction of sp³-hybridized carbons (Fsp3) is 0.118. The predicted molar refractivity (Wildman–Crippen MR) is 157 cm³/mol. The van der Waals surface area contributed by atoms with Gasteiger partial charge in [-0.2, -0.15) is 0 Å². The standard InChI is InChI=1S/C34H31N3/c1-23(19-25-12-4-6-14-28(25)27-13-5-3-11-24(27)2)20-26(31-22-36-31)21-34(35)37-32-17-9-7-15-29(32)30-16-8-10-18-33(30)37/h3-18,20-21,31,36H,1,19,22,35H2,2H3/b26-20+,34-21+/t31-/m1/s1. The molecular formula is C34H31N3. The number of para-hydroxylation sites is 2. The first kappa shape index (κ1) is 23.1. The number of fused-ring (bicyclic) bond motifs is 3. The molecule has 4 aromatic carbocycles. The Balaban J connectivity index is 1.36. The van der Waals surface area contributed by atoms with E-state index in [0.717, 1.165) is 35.1 Å². The molecule has 0 radical (unpaired) electrons. The summed E-state index contributed by atoms with van der Waals surface area (Å²) in [5.74, 6) is 0.713. The Bertz CT molecular complexity index is 1640. The summed E-state index contributed by atoms with van der Waals surface area (Å²) < 4.78 is 2.16. The van der Waals surface area contributed by atoms with Gasteiger partial charge in [-0.3, -0.25) is 4.57 Å². The van der Waals surface area contributed by atoms with Crippen LogP contribution in [0.25, 0.3) is 38.8 Å². The van der Waals surface area contributed by atoms with Crippen LogP contribution >= 0.6 is 0 Å². The number of benzene rings is 4. The summed E-state index contributed by atoms with van der Waals surface area (Å²) in [5.41, 5.74) is 16.4. The van der Waals surface area contributed by atoms with Gasteiger partial charge in [0, 0.05) is 23.4 Å². The predicted octanol–water partition coefficient (Wildman–Crippen LogP) is 7.22. The highest BCUT2D eigenvalue weighted by atomic mass is 15.1. The van der Waals surface area contributed by atoms with Gasteiger partial charge in [0.15, 0.2) is 0 Å². The molecule has 6 rings (SSSR count). The third-order valence-electron chi connectivity index (χ3n) is 7.20. The van der Waals surface area contributed by atoms with Gasteiger partial charge in [0.05, 0.1) is 11.0 Å². The van der Waals surface area contributed by atoms with Gasteiger partial charge >= 0.3 is 0 Å². The quantitative estimate of drug-likeness (QED) is 0.190. The minimum atomic E-state index is 0.301. The number of nitrogens with zero attached hydrogens (tertiary/aromatic N) is 1.